The number of anilines is 1. The van der Waals surface area contributed by atoms with Gasteiger partial charge in [0.05, 0.1) is 5.41 Å². The molecule has 0 spiro atoms. The van der Waals surface area contributed by atoms with Crippen molar-refractivity contribution >= 4 is 11.6 Å². The van der Waals surface area contributed by atoms with E-state index < -0.39 is 0 Å². The van der Waals surface area contributed by atoms with Crippen LogP contribution in [0.2, 0.25) is 0 Å². The number of halogens is 1. The van der Waals surface area contributed by atoms with E-state index in [4.69, 9.17) is 5.73 Å². The molecule has 1 aliphatic heterocycles. The van der Waals surface area contributed by atoms with Gasteiger partial charge in [0, 0.05) is 18.8 Å². The quantitative estimate of drug-likeness (QED) is 0.842. The number of fused-ring (bicyclic) bond motifs is 1. The van der Waals surface area contributed by atoms with Crippen molar-refractivity contribution in [1.82, 2.24) is 0 Å². The molecule has 90 valence electrons. The number of nitrogens with zero attached hydrogens (tertiary/aromatic N) is 1. The Morgan fingerprint density at radius 2 is 2.24 bits per heavy atom. The highest BCUT2D eigenvalue weighted by Gasteiger charge is 2.51. The Kier molecular flexibility index (Phi) is 2.23. The minimum atomic E-state index is -0.353. The van der Waals surface area contributed by atoms with Gasteiger partial charge in [-0.2, -0.15) is 0 Å². The van der Waals surface area contributed by atoms with Crippen LogP contribution in [0.4, 0.5) is 10.1 Å². The smallest absolute Gasteiger partial charge is 0.234 e. The average molecular weight is 234 g/mol. The number of benzene rings is 1. The maximum absolute atomic E-state index is 13.2. The molecule has 0 atom stereocenters. The minimum Gasteiger partial charge on any atom is -0.329 e. The summed E-state index contributed by atoms with van der Waals surface area (Å²) in [6.45, 7) is 1.05. The molecule has 2 aliphatic rings. The lowest BCUT2D eigenvalue weighted by atomic mass is 10.1. The molecule has 3 nitrogen and oxygen atoms in total. The fourth-order valence-electron chi connectivity index (χ4n) is 2.51. The predicted molar refractivity (Wildman–Crippen MR) is 63.2 cm³/mol. The first kappa shape index (κ1) is 10.7. The van der Waals surface area contributed by atoms with Crippen LogP contribution in [-0.4, -0.2) is 19.0 Å². The van der Waals surface area contributed by atoms with Crippen molar-refractivity contribution in [3.63, 3.8) is 0 Å². The molecule has 0 aromatic heterocycles. The Balaban J connectivity index is 1.93. The number of amides is 1. The Bertz CT molecular complexity index is 482. The Morgan fingerprint density at radius 1 is 1.47 bits per heavy atom. The molecule has 3 rings (SSSR count). The summed E-state index contributed by atoms with van der Waals surface area (Å²) in [5.41, 5.74) is 7.09. The van der Waals surface area contributed by atoms with Crippen LogP contribution in [0, 0.1) is 11.2 Å². The highest BCUT2D eigenvalue weighted by atomic mass is 19.1. The van der Waals surface area contributed by atoms with Gasteiger partial charge < -0.3 is 10.6 Å². The maximum atomic E-state index is 13.2. The van der Waals surface area contributed by atoms with E-state index in [0.717, 1.165) is 30.5 Å². The molecule has 1 fully saturated rings. The van der Waals surface area contributed by atoms with Crippen molar-refractivity contribution in [2.45, 2.75) is 19.3 Å². The molecule has 1 aromatic carbocycles. The van der Waals surface area contributed by atoms with Gasteiger partial charge in [-0.3, -0.25) is 4.79 Å². The normalized spacial score (nSPS) is 20.2. The van der Waals surface area contributed by atoms with Crippen molar-refractivity contribution in [2.75, 3.05) is 18.0 Å². The second-order valence-electron chi connectivity index (χ2n) is 4.96. The van der Waals surface area contributed by atoms with E-state index in [1.165, 1.54) is 12.1 Å². The molecule has 17 heavy (non-hydrogen) atoms. The second-order valence-corrected chi connectivity index (χ2v) is 4.96. The summed E-state index contributed by atoms with van der Waals surface area (Å²) < 4.78 is 13.2. The zero-order valence-electron chi connectivity index (χ0n) is 9.58. The minimum absolute atomic E-state index is 0.0735. The Hall–Kier alpha value is -1.42. The van der Waals surface area contributed by atoms with Gasteiger partial charge in [0.15, 0.2) is 0 Å². The van der Waals surface area contributed by atoms with Gasteiger partial charge in [-0.25, -0.2) is 4.39 Å². The molecule has 1 aromatic rings. The van der Waals surface area contributed by atoms with Gasteiger partial charge in [0.25, 0.3) is 0 Å². The van der Waals surface area contributed by atoms with Crippen molar-refractivity contribution in [3.8, 4) is 0 Å². The third-order valence-corrected chi connectivity index (χ3v) is 3.89. The zero-order valence-corrected chi connectivity index (χ0v) is 9.58. The first-order valence-corrected chi connectivity index (χ1v) is 5.97. The highest BCUT2D eigenvalue weighted by molar-refractivity contribution is 6.01. The number of hydrogen-bond donors (Lipinski definition) is 1. The van der Waals surface area contributed by atoms with Gasteiger partial charge in [-0.05, 0) is 37.0 Å². The van der Waals surface area contributed by atoms with Crippen molar-refractivity contribution in [1.29, 1.82) is 0 Å². The molecule has 0 saturated heterocycles. The van der Waals surface area contributed by atoms with Gasteiger partial charge in [-0.1, -0.05) is 6.07 Å². The third-order valence-electron chi connectivity index (χ3n) is 3.89. The number of carbonyl (C=O) groups is 1. The van der Waals surface area contributed by atoms with Crippen LogP contribution in [0.15, 0.2) is 18.2 Å². The van der Waals surface area contributed by atoms with E-state index in [1.807, 2.05) is 0 Å². The lowest BCUT2D eigenvalue weighted by Crippen LogP contribution is -2.39. The molecule has 0 radical (unpaired) electrons. The summed E-state index contributed by atoms with van der Waals surface area (Å²) in [7, 11) is 0. The zero-order chi connectivity index (χ0) is 12.0. The van der Waals surface area contributed by atoms with E-state index in [-0.39, 0.29) is 17.1 Å². The van der Waals surface area contributed by atoms with Gasteiger partial charge in [0.1, 0.15) is 5.82 Å². The highest BCUT2D eigenvalue weighted by Crippen LogP contribution is 2.47. The largest absolute Gasteiger partial charge is 0.329 e. The van der Waals surface area contributed by atoms with E-state index in [2.05, 4.69) is 0 Å². The van der Waals surface area contributed by atoms with Gasteiger partial charge >= 0.3 is 0 Å². The lowest BCUT2D eigenvalue weighted by Gasteiger charge is -2.22. The van der Waals surface area contributed by atoms with Crippen molar-refractivity contribution < 1.29 is 9.18 Å². The average Bonchev–Trinajstić information content (AvgIpc) is 3.03. The van der Waals surface area contributed by atoms with Crippen molar-refractivity contribution in [3.05, 3.63) is 29.6 Å². The maximum Gasteiger partial charge on any atom is 0.234 e. The number of hydrogen-bond acceptors (Lipinski definition) is 2. The van der Waals surface area contributed by atoms with Crippen LogP contribution in [0.25, 0.3) is 0 Å². The predicted octanol–water partition coefficient (Wildman–Crippen LogP) is 1.45. The number of nitrogens with two attached hydrogens (primary N) is 1. The molecule has 0 bridgehead atoms. The van der Waals surface area contributed by atoms with Crippen LogP contribution in [-0.2, 0) is 11.2 Å². The standard InChI is InChI=1S/C13H15FN2O/c14-10-2-1-9-3-6-16(11(9)7-10)12(17)13(8-15)4-5-13/h1-2,7H,3-6,8,15H2. The molecule has 2 N–H and O–H groups in total. The van der Waals surface area contributed by atoms with Crippen LogP contribution in [0.1, 0.15) is 18.4 Å². The molecular weight excluding hydrogens is 219 g/mol. The topological polar surface area (TPSA) is 46.3 Å². The van der Waals surface area contributed by atoms with Crippen LogP contribution >= 0.6 is 0 Å². The molecule has 1 amide bonds. The van der Waals surface area contributed by atoms with E-state index >= 15 is 0 Å². The molecule has 4 heteroatoms. The van der Waals surface area contributed by atoms with Crippen LogP contribution < -0.4 is 10.6 Å². The molecule has 1 saturated carbocycles. The molecular formula is C13H15FN2O. The summed E-state index contributed by atoms with van der Waals surface area (Å²) in [4.78, 5) is 14.1. The summed E-state index contributed by atoms with van der Waals surface area (Å²) >= 11 is 0. The van der Waals surface area contributed by atoms with Gasteiger partial charge in [-0.15, -0.1) is 0 Å². The summed E-state index contributed by atoms with van der Waals surface area (Å²) in [6.07, 6.45) is 2.54. The Labute approximate surface area is 99.4 Å². The summed E-state index contributed by atoms with van der Waals surface area (Å²) in [5.74, 6) is -0.217. The first-order chi connectivity index (χ1) is 8.16. The number of rotatable bonds is 2. The van der Waals surface area contributed by atoms with Crippen molar-refractivity contribution in [2.24, 2.45) is 11.1 Å². The fourth-order valence-corrected chi connectivity index (χ4v) is 2.51. The third kappa shape index (κ3) is 1.55. The lowest BCUT2D eigenvalue weighted by molar-refractivity contribution is -0.123. The van der Waals surface area contributed by atoms with E-state index in [1.54, 1.807) is 11.0 Å². The molecule has 1 heterocycles. The molecule has 0 unspecified atom stereocenters. The monoisotopic (exact) mass is 234 g/mol. The fraction of sp³-hybridized carbons (Fsp3) is 0.462. The van der Waals surface area contributed by atoms with E-state index in [9.17, 15) is 9.18 Å². The summed E-state index contributed by atoms with van der Waals surface area (Å²) in [6, 6.07) is 4.66. The first-order valence-electron chi connectivity index (χ1n) is 5.97. The Morgan fingerprint density at radius 3 is 2.88 bits per heavy atom. The number of carbonyl (C=O) groups excluding carboxylic acids is 1. The van der Waals surface area contributed by atoms with E-state index in [0.29, 0.717) is 13.1 Å². The van der Waals surface area contributed by atoms with Crippen LogP contribution in [0.5, 0.6) is 0 Å². The van der Waals surface area contributed by atoms with Gasteiger partial charge in [0.2, 0.25) is 5.91 Å². The van der Waals surface area contributed by atoms with Crippen LogP contribution in [0.3, 0.4) is 0 Å². The second kappa shape index (κ2) is 3.53. The SMILES string of the molecule is NCC1(C(=O)N2CCc3ccc(F)cc32)CC1. The molecule has 1 aliphatic carbocycles. The summed E-state index contributed by atoms with van der Waals surface area (Å²) in [5, 5.41) is 0.